The Kier molecular flexibility index (Phi) is 5.68. The van der Waals surface area contributed by atoms with E-state index < -0.39 is 23.8 Å². The number of nitrogens with one attached hydrogen (secondary N) is 1. The number of rotatable bonds is 4. The second-order valence-corrected chi connectivity index (χ2v) is 7.17. The van der Waals surface area contributed by atoms with Crippen LogP contribution >= 0.6 is 0 Å². The number of allylic oxidation sites excluding steroid dienone is 3. The summed E-state index contributed by atoms with van der Waals surface area (Å²) in [5, 5.41) is 3.23. The topological polar surface area (TPSA) is 81.7 Å². The number of carbonyl (C=O) groups is 3. The highest BCUT2D eigenvalue weighted by Gasteiger charge is 2.47. The van der Waals surface area contributed by atoms with Crippen molar-refractivity contribution < 1.29 is 23.9 Å². The first-order valence-electron chi connectivity index (χ1n) is 9.45. The summed E-state index contributed by atoms with van der Waals surface area (Å²) in [4.78, 5) is 38.5. The zero-order valence-corrected chi connectivity index (χ0v) is 16.6. The number of Topliss-reactive ketones (excluding diaryl/α,β-unsaturated/α-hetero) is 1. The third-order valence-corrected chi connectivity index (χ3v) is 5.37. The quantitative estimate of drug-likeness (QED) is 0.636. The van der Waals surface area contributed by atoms with E-state index in [0.717, 1.165) is 11.3 Å². The molecule has 1 heterocycles. The smallest absolute Gasteiger partial charge is 0.336 e. The van der Waals surface area contributed by atoms with Gasteiger partial charge >= 0.3 is 11.9 Å². The molecule has 0 unspecified atom stereocenters. The summed E-state index contributed by atoms with van der Waals surface area (Å²) in [6.45, 7) is 5.65. The first-order valence-corrected chi connectivity index (χ1v) is 9.45. The molecule has 1 N–H and O–H groups in total. The zero-order chi connectivity index (χ0) is 20.4. The average Bonchev–Trinajstić information content (AvgIpc) is 2.67. The Morgan fingerprint density at radius 3 is 2.50 bits per heavy atom. The molecule has 1 aromatic rings. The van der Waals surface area contributed by atoms with Gasteiger partial charge < -0.3 is 14.8 Å². The lowest BCUT2D eigenvalue weighted by atomic mass is 9.69. The van der Waals surface area contributed by atoms with Crippen LogP contribution in [-0.4, -0.2) is 31.4 Å². The minimum Gasteiger partial charge on any atom is -0.468 e. The van der Waals surface area contributed by atoms with Crippen molar-refractivity contribution in [2.75, 3.05) is 13.7 Å². The summed E-state index contributed by atoms with van der Waals surface area (Å²) in [5.74, 6) is -2.95. The molecule has 28 heavy (non-hydrogen) atoms. The van der Waals surface area contributed by atoms with E-state index in [1.165, 1.54) is 7.11 Å². The summed E-state index contributed by atoms with van der Waals surface area (Å²) < 4.78 is 10.2. The lowest BCUT2D eigenvalue weighted by Crippen LogP contribution is -2.43. The molecule has 6 heteroatoms. The van der Waals surface area contributed by atoms with Gasteiger partial charge in [0.15, 0.2) is 5.78 Å². The van der Waals surface area contributed by atoms with Crippen molar-refractivity contribution in [1.29, 1.82) is 0 Å². The van der Waals surface area contributed by atoms with Crippen molar-refractivity contribution in [2.24, 2.45) is 11.8 Å². The first kappa shape index (κ1) is 19.9. The van der Waals surface area contributed by atoms with E-state index in [9.17, 15) is 14.4 Å². The highest BCUT2D eigenvalue weighted by Crippen LogP contribution is 2.45. The van der Waals surface area contributed by atoms with Crippen molar-refractivity contribution in [1.82, 2.24) is 5.32 Å². The number of hydrogen-bond donors (Lipinski definition) is 1. The average molecular weight is 383 g/mol. The summed E-state index contributed by atoms with van der Waals surface area (Å²) in [5.41, 5.74) is 3.09. The highest BCUT2D eigenvalue weighted by molar-refractivity contribution is 6.12. The van der Waals surface area contributed by atoms with Crippen LogP contribution in [0.4, 0.5) is 0 Å². The van der Waals surface area contributed by atoms with Gasteiger partial charge in [-0.3, -0.25) is 9.59 Å². The zero-order valence-electron chi connectivity index (χ0n) is 16.6. The van der Waals surface area contributed by atoms with Crippen LogP contribution in [-0.2, 0) is 23.9 Å². The molecule has 0 fully saturated rings. The normalized spacial score (nSPS) is 24.4. The Balaban J connectivity index is 2.17. The van der Waals surface area contributed by atoms with Crippen LogP contribution < -0.4 is 5.32 Å². The van der Waals surface area contributed by atoms with E-state index >= 15 is 0 Å². The molecule has 0 saturated carbocycles. The Labute approximate surface area is 164 Å². The van der Waals surface area contributed by atoms with Crippen LogP contribution in [0.5, 0.6) is 0 Å². The fraction of sp³-hybridized carbons (Fsp3) is 0.409. The predicted octanol–water partition coefficient (Wildman–Crippen LogP) is 2.86. The number of esters is 2. The minimum absolute atomic E-state index is 0.195. The van der Waals surface area contributed by atoms with Gasteiger partial charge in [-0.2, -0.15) is 0 Å². The van der Waals surface area contributed by atoms with E-state index in [1.54, 1.807) is 6.92 Å². The van der Waals surface area contributed by atoms with Gasteiger partial charge in [0.2, 0.25) is 0 Å². The van der Waals surface area contributed by atoms with Crippen molar-refractivity contribution in [3.05, 3.63) is 58.4 Å². The summed E-state index contributed by atoms with van der Waals surface area (Å²) in [7, 11) is 1.29. The molecule has 0 spiro atoms. The van der Waals surface area contributed by atoms with Gasteiger partial charge in [-0.15, -0.1) is 0 Å². The standard InChI is InChI=1S/C22H25NO5/c1-5-28-22(26)17-13(3)23-15-11-12(2)16(21(25)27-4)20(24)19(15)18(17)14-9-7-6-8-10-14/h6-10,12,16,18,23H,5,11H2,1-4H3/t12-,16-,18+/m0/s1. The largest absolute Gasteiger partial charge is 0.468 e. The number of hydrogen-bond acceptors (Lipinski definition) is 6. The molecule has 1 aliphatic carbocycles. The fourth-order valence-corrected chi connectivity index (χ4v) is 4.14. The van der Waals surface area contributed by atoms with Gasteiger partial charge in [0.05, 0.1) is 19.3 Å². The first-order chi connectivity index (χ1) is 13.4. The van der Waals surface area contributed by atoms with Gasteiger partial charge in [0.25, 0.3) is 0 Å². The maximum atomic E-state index is 13.4. The molecule has 2 aliphatic rings. The molecule has 3 rings (SSSR count). The van der Waals surface area contributed by atoms with E-state index in [2.05, 4.69) is 5.32 Å². The summed E-state index contributed by atoms with van der Waals surface area (Å²) in [6, 6.07) is 9.37. The van der Waals surface area contributed by atoms with Crippen molar-refractivity contribution in [3.8, 4) is 0 Å². The Bertz CT molecular complexity index is 868. The molecule has 6 nitrogen and oxygen atoms in total. The molecule has 0 radical (unpaired) electrons. The molecule has 0 amide bonds. The lowest BCUT2D eigenvalue weighted by molar-refractivity contribution is -0.151. The van der Waals surface area contributed by atoms with Crippen molar-refractivity contribution in [3.63, 3.8) is 0 Å². The number of carbonyl (C=O) groups excluding carboxylic acids is 3. The number of ether oxygens (including phenoxy) is 2. The second kappa shape index (κ2) is 8.00. The number of benzene rings is 1. The van der Waals surface area contributed by atoms with Crippen LogP contribution in [0.15, 0.2) is 52.9 Å². The number of dihydropyridines is 1. The number of ketones is 1. The van der Waals surface area contributed by atoms with E-state index in [4.69, 9.17) is 9.47 Å². The van der Waals surface area contributed by atoms with Crippen LogP contribution in [0.3, 0.4) is 0 Å². The SMILES string of the molecule is CCOC(=O)C1=C(C)NC2=C(C(=O)[C@@H](C(=O)OC)[C@@H](C)C2)[C@@H]1c1ccccc1. The molecular formula is C22H25NO5. The van der Waals surface area contributed by atoms with Crippen molar-refractivity contribution in [2.45, 2.75) is 33.1 Å². The van der Waals surface area contributed by atoms with Gasteiger partial charge in [0, 0.05) is 22.9 Å². The van der Waals surface area contributed by atoms with Crippen LogP contribution in [0.2, 0.25) is 0 Å². The third-order valence-electron chi connectivity index (χ3n) is 5.37. The van der Waals surface area contributed by atoms with Gasteiger partial charge in [-0.25, -0.2) is 4.79 Å². The third kappa shape index (κ3) is 3.35. The molecule has 0 bridgehead atoms. The molecule has 1 aliphatic heterocycles. The molecule has 0 saturated heterocycles. The van der Waals surface area contributed by atoms with Gasteiger partial charge in [-0.05, 0) is 31.7 Å². The monoisotopic (exact) mass is 383 g/mol. The lowest BCUT2D eigenvalue weighted by Gasteiger charge is -2.38. The van der Waals surface area contributed by atoms with E-state index in [-0.39, 0.29) is 18.3 Å². The van der Waals surface area contributed by atoms with Crippen molar-refractivity contribution >= 4 is 17.7 Å². The van der Waals surface area contributed by atoms with E-state index in [0.29, 0.717) is 23.3 Å². The Hall–Kier alpha value is -2.89. The minimum atomic E-state index is -0.876. The molecule has 1 aromatic carbocycles. The molecule has 0 aromatic heterocycles. The summed E-state index contributed by atoms with van der Waals surface area (Å²) in [6.07, 6.45) is 0.525. The molecule has 3 atom stereocenters. The van der Waals surface area contributed by atoms with Crippen LogP contribution in [0, 0.1) is 11.8 Å². The van der Waals surface area contributed by atoms with E-state index in [1.807, 2.05) is 44.2 Å². The highest BCUT2D eigenvalue weighted by atomic mass is 16.5. The molecular weight excluding hydrogens is 358 g/mol. The van der Waals surface area contributed by atoms with Gasteiger partial charge in [-0.1, -0.05) is 37.3 Å². The second-order valence-electron chi connectivity index (χ2n) is 7.17. The summed E-state index contributed by atoms with van der Waals surface area (Å²) >= 11 is 0. The number of methoxy groups -OCH3 is 1. The van der Waals surface area contributed by atoms with Crippen LogP contribution in [0.1, 0.15) is 38.7 Å². The van der Waals surface area contributed by atoms with Crippen LogP contribution in [0.25, 0.3) is 0 Å². The Morgan fingerprint density at radius 2 is 1.89 bits per heavy atom. The fourth-order valence-electron chi connectivity index (χ4n) is 4.14. The maximum absolute atomic E-state index is 13.4. The Morgan fingerprint density at radius 1 is 1.21 bits per heavy atom. The maximum Gasteiger partial charge on any atom is 0.336 e. The van der Waals surface area contributed by atoms with Gasteiger partial charge in [0.1, 0.15) is 5.92 Å². The predicted molar refractivity (Wildman–Crippen MR) is 103 cm³/mol. The molecule has 148 valence electrons.